The van der Waals surface area contributed by atoms with Crippen LogP contribution in [0, 0.1) is 0 Å². The zero-order chi connectivity index (χ0) is 14.5. The largest absolute Gasteiger partial charge is 0.461 e. The normalized spacial score (nSPS) is 17.7. The van der Waals surface area contributed by atoms with Crippen LogP contribution in [0.5, 0.6) is 0 Å². The second-order valence-corrected chi connectivity index (χ2v) is 5.10. The van der Waals surface area contributed by atoms with Crippen LogP contribution in [0.25, 0.3) is 11.6 Å². The number of nitrogens with one attached hydrogen (secondary N) is 2. The highest BCUT2D eigenvalue weighted by Crippen LogP contribution is 2.16. The predicted molar refractivity (Wildman–Crippen MR) is 81.6 cm³/mol. The molecule has 0 unspecified atom stereocenters. The molecule has 120 valence electrons. The molecule has 0 bridgehead atoms. The van der Waals surface area contributed by atoms with Crippen molar-refractivity contribution in [3.05, 3.63) is 24.3 Å². The number of piperidine rings is 1. The van der Waals surface area contributed by atoms with Crippen LogP contribution in [0.1, 0.15) is 25.2 Å². The van der Waals surface area contributed by atoms with Gasteiger partial charge in [0.05, 0.1) is 6.26 Å². The van der Waals surface area contributed by atoms with Crippen molar-refractivity contribution in [2.75, 3.05) is 13.1 Å². The SMILES string of the molecule is Cl.O=C(CCc1nc(-c2ccco2)no1)N[C@H]1CCCNC1. The second kappa shape index (κ2) is 7.95. The maximum absolute atomic E-state index is 11.9. The molecule has 1 aliphatic heterocycles. The number of nitrogens with zero attached hydrogens (tertiary/aromatic N) is 2. The van der Waals surface area contributed by atoms with Crippen LogP contribution in [0.3, 0.4) is 0 Å². The van der Waals surface area contributed by atoms with E-state index in [4.69, 9.17) is 8.94 Å². The molecule has 0 saturated carbocycles. The number of furan rings is 1. The lowest BCUT2D eigenvalue weighted by atomic mass is 10.1. The highest BCUT2D eigenvalue weighted by Gasteiger charge is 2.16. The van der Waals surface area contributed by atoms with Crippen molar-refractivity contribution < 1.29 is 13.7 Å². The van der Waals surface area contributed by atoms with Gasteiger partial charge in [0, 0.05) is 25.4 Å². The number of carbonyl (C=O) groups excluding carboxylic acids is 1. The Morgan fingerprint density at radius 1 is 1.50 bits per heavy atom. The van der Waals surface area contributed by atoms with E-state index in [2.05, 4.69) is 20.8 Å². The lowest BCUT2D eigenvalue weighted by molar-refractivity contribution is -0.121. The van der Waals surface area contributed by atoms with E-state index in [-0.39, 0.29) is 24.4 Å². The fraction of sp³-hybridized carbons (Fsp3) is 0.500. The first-order chi connectivity index (χ1) is 10.3. The van der Waals surface area contributed by atoms with Crippen molar-refractivity contribution in [1.82, 2.24) is 20.8 Å². The summed E-state index contributed by atoms with van der Waals surface area (Å²) >= 11 is 0. The molecule has 1 aliphatic rings. The van der Waals surface area contributed by atoms with E-state index >= 15 is 0 Å². The fourth-order valence-corrected chi connectivity index (χ4v) is 2.36. The van der Waals surface area contributed by atoms with Crippen molar-refractivity contribution in [2.24, 2.45) is 0 Å². The summed E-state index contributed by atoms with van der Waals surface area (Å²) in [6.07, 6.45) is 4.45. The van der Waals surface area contributed by atoms with Crippen LogP contribution < -0.4 is 10.6 Å². The van der Waals surface area contributed by atoms with E-state index < -0.39 is 0 Å². The third kappa shape index (κ3) is 4.32. The number of hydrogen-bond donors (Lipinski definition) is 2. The number of hydrogen-bond acceptors (Lipinski definition) is 6. The lowest BCUT2D eigenvalue weighted by Crippen LogP contribution is -2.45. The summed E-state index contributed by atoms with van der Waals surface area (Å²) in [5.74, 6) is 1.43. The molecule has 1 amide bonds. The monoisotopic (exact) mass is 326 g/mol. The minimum Gasteiger partial charge on any atom is -0.461 e. The molecule has 1 fully saturated rings. The van der Waals surface area contributed by atoms with Crippen LogP contribution in [0.4, 0.5) is 0 Å². The molecule has 7 nitrogen and oxygen atoms in total. The van der Waals surface area contributed by atoms with Gasteiger partial charge < -0.3 is 19.6 Å². The highest BCUT2D eigenvalue weighted by atomic mass is 35.5. The van der Waals surface area contributed by atoms with E-state index in [9.17, 15) is 4.79 Å². The number of aryl methyl sites for hydroxylation is 1. The quantitative estimate of drug-likeness (QED) is 0.866. The average Bonchev–Trinajstić information content (AvgIpc) is 3.17. The molecule has 0 aliphatic carbocycles. The molecule has 1 atom stereocenters. The minimum atomic E-state index is 0. The molecule has 22 heavy (non-hydrogen) atoms. The molecule has 2 aromatic rings. The summed E-state index contributed by atoms with van der Waals surface area (Å²) < 4.78 is 10.3. The van der Waals surface area contributed by atoms with Gasteiger partial charge in [-0.2, -0.15) is 4.98 Å². The number of halogens is 1. The number of aromatic nitrogens is 2. The molecule has 2 N–H and O–H groups in total. The van der Waals surface area contributed by atoms with Crippen molar-refractivity contribution >= 4 is 18.3 Å². The molecule has 3 heterocycles. The zero-order valence-electron chi connectivity index (χ0n) is 12.1. The van der Waals surface area contributed by atoms with Gasteiger partial charge in [-0.25, -0.2) is 0 Å². The highest BCUT2D eigenvalue weighted by molar-refractivity contribution is 5.85. The van der Waals surface area contributed by atoms with Gasteiger partial charge in [0.15, 0.2) is 5.76 Å². The Balaban J connectivity index is 0.00000176. The fourth-order valence-electron chi connectivity index (χ4n) is 2.36. The van der Waals surface area contributed by atoms with Crippen LogP contribution in [-0.2, 0) is 11.2 Å². The third-order valence-corrected chi connectivity index (χ3v) is 3.44. The van der Waals surface area contributed by atoms with Crippen LogP contribution in [0.15, 0.2) is 27.3 Å². The molecule has 1 saturated heterocycles. The Bertz CT molecular complexity index is 579. The Kier molecular flexibility index (Phi) is 5.97. The van der Waals surface area contributed by atoms with Gasteiger partial charge in [0.25, 0.3) is 0 Å². The van der Waals surface area contributed by atoms with Crippen molar-refractivity contribution in [3.8, 4) is 11.6 Å². The molecule has 0 aromatic carbocycles. The standard InChI is InChI=1S/C14H18N4O3.ClH/c19-12(16-10-3-1-7-15-9-10)5-6-13-17-14(18-21-13)11-4-2-8-20-11;/h2,4,8,10,15H,1,3,5-7,9H2,(H,16,19);1H/t10-;/m0./s1. The first-order valence-electron chi connectivity index (χ1n) is 7.18. The van der Waals surface area contributed by atoms with Gasteiger partial charge >= 0.3 is 0 Å². The number of carbonyl (C=O) groups is 1. The van der Waals surface area contributed by atoms with Crippen molar-refractivity contribution in [2.45, 2.75) is 31.7 Å². The average molecular weight is 327 g/mol. The van der Waals surface area contributed by atoms with Gasteiger partial charge in [0.1, 0.15) is 0 Å². The zero-order valence-corrected chi connectivity index (χ0v) is 12.9. The van der Waals surface area contributed by atoms with Gasteiger partial charge in [-0.05, 0) is 31.5 Å². The van der Waals surface area contributed by atoms with E-state index in [1.54, 1.807) is 18.4 Å². The van der Waals surface area contributed by atoms with E-state index in [1.165, 1.54) is 0 Å². The van der Waals surface area contributed by atoms with Gasteiger partial charge in [-0.3, -0.25) is 4.79 Å². The van der Waals surface area contributed by atoms with Gasteiger partial charge in [-0.1, -0.05) is 5.16 Å². The molecule has 8 heteroatoms. The maximum Gasteiger partial charge on any atom is 0.238 e. The molecular weight excluding hydrogens is 308 g/mol. The van der Waals surface area contributed by atoms with Gasteiger partial charge in [-0.15, -0.1) is 12.4 Å². The second-order valence-electron chi connectivity index (χ2n) is 5.10. The summed E-state index contributed by atoms with van der Waals surface area (Å²) in [5, 5.41) is 10.1. The Hall–Kier alpha value is -1.86. The molecule has 0 radical (unpaired) electrons. The van der Waals surface area contributed by atoms with Crippen molar-refractivity contribution in [3.63, 3.8) is 0 Å². The Morgan fingerprint density at radius 2 is 2.41 bits per heavy atom. The molecule has 2 aromatic heterocycles. The van der Waals surface area contributed by atoms with Crippen LogP contribution in [-0.4, -0.2) is 35.2 Å². The summed E-state index contributed by atoms with van der Waals surface area (Å²) in [4.78, 5) is 16.1. The van der Waals surface area contributed by atoms with E-state index in [1.807, 2.05) is 0 Å². The third-order valence-electron chi connectivity index (χ3n) is 3.44. The topological polar surface area (TPSA) is 93.2 Å². The summed E-state index contributed by atoms with van der Waals surface area (Å²) in [7, 11) is 0. The first kappa shape index (κ1) is 16.5. The molecule has 0 spiro atoms. The summed E-state index contributed by atoms with van der Waals surface area (Å²) in [6, 6.07) is 3.75. The first-order valence-corrected chi connectivity index (χ1v) is 7.18. The summed E-state index contributed by atoms with van der Waals surface area (Å²) in [6.45, 7) is 1.87. The number of amides is 1. The van der Waals surface area contributed by atoms with Crippen LogP contribution in [0.2, 0.25) is 0 Å². The van der Waals surface area contributed by atoms with E-state index in [0.29, 0.717) is 30.3 Å². The molecule has 3 rings (SSSR count). The number of rotatable bonds is 5. The lowest BCUT2D eigenvalue weighted by Gasteiger charge is -2.23. The Labute approximate surface area is 134 Å². The van der Waals surface area contributed by atoms with Crippen LogP contribution >= 0.6 is 12.4 Å². The van der Waals surface area contributed by atoms with Crippen molar-refractivity contribution in [1.29, 1.82) is 0 Å². The smallest absolute Gasteiger partial charge is 0.238 e. The van der Waals surface area contributed by atoms with Gasteiger partial charge in [0.2, 0.25) is 17.6 Å². The summed E-state index contributed by atoms with van der Waals surface area (Å²) in [5.41, 5.74) is 0. The Morgan fingerprint density at radius 3 is 3.14 bits per heavy atom. The van der Waals surface area contributed by atoms with E-state index in [0.717, 1.165) is 25.9 Å². The molecular formula is C14H19ClN4O3. The maximum atomic E-state index is 11.9. The minimum absolute atomic E-state index is 0. The predicted octanol–water partition coefficient (Wildman–Crippen LogP) is 1.55.